The fraction of sp³-hybridized carbons (Fsp3) is 0.500. The highest BCUT2D eigenvalue weighted by Crippen LogP contribution is 2.55. The van der Waals surface area contributed by atoms with Gasteiger partial charge in [0.05, 0.1) is 18.0 Å². The van der Waals surface area contributed by atoms with E-state index in [1.165, 1.54) is 30.0 Å². The summed E-state index contributed by atoms with van der Waals surface area (Å²) in [5, 5.41) is 2.91. The molecule has 1 N–H and O–H groups in total. The summed E-state index contributed by atoms with van der Waals surface area (Å²) in [6, 6.07) is 7.80. The van der Waals surface area contributed by atoms with Crippen molar-refractivity contribution in [2.75, 3.05) is 12.5 Å². The van der Waals surface area contributed by atoms with E-state index in [9.17, 15) is 22.4 Å². The second-order valence-electron chi connectivity index (χ2n) is 13.0. The molecule has 8 rings (SSSR count). The zero-order chi connectivity index (χ0) is 30.6. The number of rotatable bonds is 9. The second kappa shape index (κ2) is 11.0. The molecule has 1 aliphatic heterocycles. The van der Waals surface area contributed by atoms with Crippen molar-refractivity contribution in [3.63, 3.8) is 0 Å². The van der Waals surface area contributed by atoms with Crippen molar-refractivity contribution in [3.8, 4) is 22.8 Å². The lowest BCUT2D eigenvalue weighted by molar-refractivity contribution is -0.126. The van der Waals surface area contributed by atoms with Crippen LogP contribution >= 0.6 is 0 Å². The van der Waals surface area contributed by atoms with Crippen LogP contribution in [0.15, 0.2) is 46.5 Å². The molecule has 0 radical (unpaired) electrons. The van der Waals surface area contributed by atoms with Crippen LogP contribution in [0, 0.1) is 30.5 Å². The first-order valence-corrected chi connectivity index (χ1v) is 16.9. The molecule has 0 spiro atoms. The van der Waals surface area contributed by atoms with Crippen LogP contribution in [-0.2, 0) is 21.2 Å². The number of ether oxygens (including phenoxy) is 2. The van der Waals surface area contributed by atoms with Crippen molar-refractivity contribution in [2.45, 2.75) is 75.5 Å². The average Bonchev–Trinajstić information content (AvgIpc) is 3.42. The molecule has 3 heterocycles. The highest BCUT2D eigenvalue weighted by atomic mass is 32.2. The van der Waals surface area contributed by atoms with Crippen LogP contribution in [0.1, 0.15) is 62.6 Å². The molecule has 1 aromatic carbocycles. The molecule has 44 heavy (non-hydrogen) atoms. The van der Waals surface area contributed by atoms with E-state index in [-0.39, 0.29) is 59.8 Å². The molecule has 10 nitrogen and oxygen atoms in total. The first-order chi connectivity index (χ1) is 21.0. The second-order valence-corrected chi connectivity index (χ2v) is 15.0. The van der Waals surface area contributed by atoms with Crippen molar-refractivity contribution in [2.24, 2.45) is 17.8 Å². The third kappa shape index (κ3) is 5.71. The largest absolute Gasteiger partial charge is 0.454 e. The normalized spacial score (nSPS) is 24.9. The predicted molar refractivity (Wildman–Crippen MR) is 158 cm³/mol. The van der Waals surface area contributed by atoms with E-state index in [1.54, 1.807) is 31.2 Å². The van der Waals surface area contributed by atoms with Crippen molar-refractivity contribution >= 4 is 15.7 Å². The summed E-state index contributed by atoms with van der Waals surface area (Å²) in [7, 11) is -3.94. The van der Waals surface area contributed by atoms with Crippen molar-refractivity contribution < 1.29 is 27.1 Å². The summed E-state index contributed by atoms with van der Waals surface area (Å²) in [6.07, 6.45) is 8.63. The molecular formula is C32H35FN4O6S. The van der Waals surface area contributed by atoms with E-state index in [2.05, 4.69) is 15.3 Å². The van der Waals surface area contributed by atoms with Gasteiger partial charge in [-0.1, -0.05) is 6.07 Å². The van der Waals surface area contributed by atoms with Crippen LogP contribution < -0.4 is 20.3 Å². The Balaban J connectivity index is 1.04. The molecule has 4 bridgehead atoms. The summed E-state index contributed by atoms with van der Waals surface area (Å²) < 4.78 is 53.3. The fourth-order valence-electron chi connectivity index (χ4n) is 8.06. The van der Waals surface area contributed by atoms with E-state index in [0.29, 0.717) is 40.5 Å². The van der Waals surface area contributed by atoms with Gasteiger partial charge in [0, 0.05) is 29.4 Å². The Hall–Kier alpha value is -3.80. The molecule has 5 aliphatic rings. The Kier molecular flexibility index (Phi) is 7.22. The van der Waals surface area contributed by atoms with E-state index >= 15 is 0 Å². The standard InChI is InChI=1S/C32H35FN4O6S/c1-19-7-26(24-12-25(33)30(39)37(17-24)16-20-4-5-27-28(11-20)43-18-42-27)35-31(34-19)44(40,41)6-2-3-29(38)36-32-13-21-8-22(14-32)10-23(9-21)15-32/h4-5,7,11-12,17,21-23H,2-3,6,8-10,13-16,18H2,1H3,(H,36,38). The Labute approximate surface area is 254 Å². The van der Waals surface area contributed by atoms with Crippen LogP contribution in [0.4, 0.5) is 4.39 Å². The minimum atomic E-state index is -3.94. The maximum absolute atomic E-state index is 14.8. The number of hydrogen-bond donors (Lipinski definition) is 1. The van der Waals surface area contributed by atoms with E-state index < -0.39 is 21.2 Å². The SMILES string of the molecule is Cc1cc(-c2cc(F)c(=O)n(Cc3ccc4c(c3)OCO4)c2)nc(S(=O)(=O)CCCC(=O)NC23CC4CC(CC(C4)C2)C3)n1. The van der Waals surface area contributed by atoms with E-state index in [0.717, 1.165) is 25.3 Å². The number of sulfone groups is 1. The zero-order valence-electron chi connectivity index (χ0n) is 24.6. The number of aromatic nitrogens is 3. The zero-order valence-corrected chi connectivity index (χ0v) is 25.4. The predicted octanol–water partition coefficient (Wildman–Crippen LogP) is 4.17. The van der Waals surface area contributed by atoms with Gasteiger partial charge in [-0.15, -0.1) is 0 Å². The van der Waals surface area contributed by atoms with Gasteiger partial charge in [-0.3, -0.25) is 9.59 Å². The number of pyridine rings is 1. The number of carbonyl (C=O) groups is 1. The minimum Gasteiger partial charge on any atom is -0.454 e. The molecule has 4 saturated carbocycles. The van der Waals surface area contributed by atoms with Gasteiger partial charge in [0.1, 0.15) is 0 Å². The lowest BCUT2D eigenvalue weighted by Crippen LogP contribution is -2.59. The molecule has 4 fully saturated rings. The van der Waals surface area contributed by atoms with Crippen molar-refractivity contribution in [1.29, 1.82) is 0 Å². The van der Waals surface area contributed by atoms with Crippen LogP contribution in [0.3, 0.4) is 0 Å². The van der Waals surface area contributed by atoms with Crippen LogP contribution in [0.5, 0.6) is 11.5 Å². The van der Waals surface area contributed by atoms with Gasteiger partial charge >= 0.3 is 0 Å². The summed E-state index contributed by atoms with van der Waals surface area (Å²) in [5.74, 6) is 1.85. The molecule has 3 aromatic rings. The number of benzene rings is 1. The summed E-state index contributed by atoms with van der Waals surface area (Å²) in [4.78, 5) is 34.0. The molecule has 0 unspecified atom stereocenters. The third-order valence-electron chi connectivity index (χ3n) is 9.50. The monoisotopic (exact) mass is 622 g/mol. The summed E-state index contributed by atoms with van der Waals surface area (Å²) in [5.41, 5.74) is 0.545. The number of amides is 1. The Morgan fingerprint density at radius 1 is 1.05 bits per heavy atom. The van der Waals surface area contributed by atoms with Gasteiger partial charge in [0.15, 0.2) is 17.3 Å². The van der Waals surface area contributed by atoms with E-state index in [1.807, 2.05) is 0 Å². The summed E-state index contributed by atoms with van der Waals surface area (Å²) >= 11 is 0. The Morgan fingerprint density at radius 2 is 1.75 bits per heavy atom. The number of fused-ring (bicyclic) bond motifs is 1. The minimum absolute atomic E-state index is 0.0563. The first kappa shape index (κ1) is 28.9. The number of hydrogen-bond acceptors (Lipinski definition) is 8. The Morgan fingerprint density at radius 3 is 2.48 bits per heavy atom. The van der Waals surface area contributed by atoms with Gasteiger partial charge in [0.2, 0.25) is 27.7 Å². The molecule has 4 aliphatic carbocycles. The lowest BCUT2D eigenvalue weighted by atomic mass is 9.53. The Bertz CT molecular complexity index is 1770. The smallest absolute Gasteiger partial charge is 0.286 e. The van der Waals surface area contributed by atoms with Gasteiger partial charge in [-0.2, -0.15) is 0 Å². The third-order valence-corrected chi connectivity index (χ3v) is 11.1. The average molecular weight is 623 g/mol. The first-order valence-electron chi connectivity index (χ1n) is 15.2. The highest BCUT2D eigenvalue weighted by Gasteiger charge is 2.51. The fourth-order valence-corrected chi connectivity index (χ4v) is 9.28. The van der Waals surface area contributed by atoms with Crippen LogP contribution in [0.25, 0.3) is 11.3 Å². The van der Waals surface area contributed by atoms with Gasteiger partial charge in [-0.05, 0) is 99.5 Å². The molecule has 1 amide bonds. The maximum Gasteiger partial charge on any atom is 0.286 e. The van der Waals surface area contributed by atoms with Crippen molar-refractivity contribution in [3.05, 3.63) is 64.0 Å². The molecule has 0 saturated heterocycles. The molecule has 2 aromatic heterocycles. The topological polar surface area (TPSA) is 129 Å². The molecule has 12 heteroatoms. The number of nitrogens with one attached hydrogen (secondary N) is 1. The van der Waals surface area contributed by atoms with Crippen LogP contribution in [-0.4, -0.2) is 46.9 Å². The lowest BCUT2D eigenvalue weighted by Gasteiger charge is -2.56. The van der Waals surface area contributed by atoms with Gasteiger partial charge in [0.25, 0.3) is 5.56 Å². The quantitative estimate of drug-likeness (QED) is 0.352. The number of aryl methyl sites for hydroxylation is 1. The van der Waals surface area contributed by atoms with Gasteiger partial charge < -0.3 is 19.4 Å². The van der Waals surface area contributed by atoms with Gasteiger partial charge in [-0.25, -0.2) is 22.8 Å². The number of carbonyl (C=O) groups excluding carboxylic acids is 1. The molecular weight excluding hydrogens is 587 g/mol. The van der Waals surface area contributed by atoms with Crippen LogP contribution in [0.2, 0.25) is 0 Å². The molecule has 0 atom stereocenters. The highest BCUT2D eigenvalue weighted by molar-refractivity contribution is 7.91. The van der Waals surface area contributed by atoms with E-state index in [4.69, 9.17) is 9.47 Å². The number of nitrogens with zero attached hydrogens (tertiary/aromatic N) is 3. The summed E-state index contributed by atoms with van der Waals surface area (Å²) in [6.45, 7) is 1.79. The van der Waals surface area contributed by atoms with Crippen molar-refractivity contribution in [1.82, 2.24) is 19.9 Å². The number of halogens is 1. The maximum atomic E-state index is 14.8. The molecule has 232 valence electrons.